The van der Waals surface area contributed by atoms with Gasteiger partial charge in [-0.15, -0.1) is 0 Å². The van der Waals surface area contributed by atoms with E-state index in [4.69, 9.17) is 21.1 Å². The Morgan fingerprint density at radius 1 is 1.20 bits per heavy atom. The Morgan fingerprint density at radius 2 is 1.90 bits per heavy atom. The summed E-state index contributed by atoms with van der Waals surface area (Å²) in [4.78, 5) is 17.0. The van der Waals surface area contributed by atoms with Gasteiger partial charge in [-0.25, -0.2) is 4.39 Å². The highest BCUT2D eigenvalue weighted by Gasteiger charge is 2.33. The molecule has 1 saturated carbocycles. The fraction of sp³-hybridized carbons (Fsp3) is 0.435. The molecule has 0 radical (unpaired) electrons. The number of nitrogens with zero attached hydrogens (tertiary/aromatic N) is 2. The Labute approximate surface area is 181 Å². The molecule has 1 aliphatic carbocycles. The van der Waals surface area contributed by atoms with E-state index in [0.29, 0.717) is 47.8 Å². The van der Waals surface area contributed by atoms with Crippen LogP contribution in [-0.2, 0) is 24.3 Å². The lowest BCUT2D eigenvalue weighted by molar-refractivity contribution is -0.133. The molecule has 2 aliphatic rings. The molecule has 1 fully saturated rings. The van der Waals surface area contributed by atoms with Crippen LogP contribution in [0, 0.1) is 5.82 Å². The lowest BCUT2D eigenvalue weighted by Gasteiger charge is -2.32. The van der Waals surface area contributed by atoms with E-state index in [1.807, 2.05) is 17.0 Å². The van der Waals surface area contributed by atoms with Gasteiger partial charge >= 0.3 is 0 Å². The fourth-order valence-electron chi connectivity index (χ4n) is 4.01. The van der Waals surface area contributed by atoms with Crippen LogP contribution in [-0.4, -0.2) is 49.1 Å². The highest BCUT2D eigenvalue weighted by atomic mass is 35.5. The Morgan fingerprint density at radius 3 is 2.53 bits per heavy atom. The molecule has 2 aromatic carbocycles. The van der Waals surface area contributed by atoms with E-state index in [1.165, 1.54) is 11.6 Å². The van der Waals surface area contributed by atoms with E-state index in [2.05, 4.69) is 4.90 Å². The van der Waals surface area contributed by atoms with Crippen LogP contribution in [0.2, 0.25) is 5.02 Å². The van der Waals surface area contributed by atoms with E-state index < -0.39 is 0 Å². The van der Waals surface area contributed by atoms with Crippen LogP contribution in [0.1, 0.15) is 29.5 Å². The number of rotatable bonds is 7. The molecular weight excluding hydrogens is 407 g/mol. The molecular formula is C23H26ClFN2O3. The number of carbonyl (C=O) groups excluding carboxylic acids is 1. The minimum absolute atomic E-state index is 0.0507. The summed E-state index contributed by atoms with van der Waals surface area (Å²) in [6.45, 7) is 1.79. The van der Waals surface area contributed by atoms with E-state index in [9.17, 15) is 9.18 Å². The zero-order valence-electron chi connectivity index (χ0n) is 17.3. The maximum Gasteiger partial charge on any atom is 0.237 e. The summed E-state index contributed by atoms with van der Waals surface area (Å²) in [7, 11) is 3.23. The Kier molecular flexibility index (Phi) is 6.16. The molecule has 0 unspecified atom stereocenters. The molecule has 0 atom stereocenters. The number of hydrogen-bond acceptors (Lipinski definition) is 4. The summed E-state index contributed by atoms with van der Waals surface area (Å²) < 4.78 is 25.0. The molecule has 2 aromatic rings. The molecule has 0 spiro atoms. The largest absolute Gasteiger partial charge is 0.493 e. The second-order valence-electron chi connectivity index (χ2n) is 7.88. The van der Waals surface area contributed by atoms with Gasteiger partial charge < -0.3 is 14.4 Å². The SMILES string of the molecule is COc1cc2c(cc1OC)CN(C(=O)CN(Cc1c(F)cccc1Cl)C1CC1)CC2. The molecule has 5 nitrogen and oxygen atoms in total. The van der Waals surface area contributed by atoms with Crippen molar-refractivity contribution in [3.05, 3.63) is 57.9 Å². The van der Waals surface area contributed by atoms with Crippen LogP contribution < -0.4 is 9.47 Å². The minimum atomic E-state index is -0.325. The second-order valence-corrected chi connectivity index (χ2v) is 8.28. The topological polar surface area (TPSA) is 42.0 Å². The molecule has 0 N–H and O–H groups in total. The third kappa shape index (κ3) is 4.40. The Hall–Kier alpha value is -2.31. The van der Waals surface area contributed by atoms with Crippen LogP contribution in [0.3, 0.4) is 0 Å². The predicted molar refractivity (Wildman–Crippen MR) is 114 cm³/mol. The van der Waals surface area contributed by atoms with E-state index in [0.717, 1.165) is 24.8 Å². The lowest BCUT2D eigenvalue weighted by atomic mass is 9.98. The quantitative estimate of drug-likeness (QED) is 0.662. The summed E-state index contributed by atoms with van der Waals surface area (Å²) in [6, 6.07) is 8.96. The second kappa shape index (κ2) is 8.82. The number of hydrogen-bond donors (Lipinski definition) is 0. The number of halogens is 2. The van der Waals surface area contributed by atoms with Gasteiger partial charge in [0.1, 0.15) is 5.82 Å². The Balaban J connectivity index is 1.47. The summed E-state index contributed by atoms with van der Waals surface area (Å²) in [5.74, 6) is 1.10. The maximum atomic E-state index is 14.3. The smallest absolute Gasteiger partial charge is 0.237 e. The third-order valence-corrected chi connectivity index (χ3v) is 6.25. The Bertz CT molecular complexity index is 928. The zero-order chi connectivity index (χ0) is 21.3. The normalized spacial score (nSPS) is 15.8. The molecule has 30 heavy (non-hydrogen) atoms. The number of carbonyl (C=O) groups is 1. The highest BCUT2D eigenvalue weighted by molar-refractivity contribution is 6.31. The van der Waals surface area contributed by atoms with Gasteiger partial charge in [-0.1, -0.05) is 17.7 Å². The standard InChI is InChI=1S/C23H26ClFN2O3/c1-29-21-10-15-8-9-26(12-16(15)11-22(21)30-2)23(28)14-27(17-6-7-17)13-18-19(24)4-3-5-20(18)25/h3-5,10-11,17H,6-9,12-14H2,1-2H3. The molecule has 0 bridgehead atoms. The van der Waals surface area contributed by atoms with Gasteiger partial charge in [-0.3, -0.25) is 9.69 Å². The average Bonchev–Trinajstić information content (AvgIpc) is 3.59. The number of methoxy groups -OCH3 is 2. The summed E-state index contributed by atoms with van der Waals surface area (Å²) in [6.07, 6.45) is 2.82. The van der Waals surface area contributed by atoms with E-state index in [1.54, 1.807) is 26.4 Å². The first-order valence-corrected chi connectivity index (χ1v) is 10.6. The first-order chi connectivity index (χ1) is 14.5. The number of amides is 1. The third-order valence-electron chi connectivity index (χ3n) is 5.90. The van der Waals surface area contributed by atoms with Crippen molar-refractivity contribution in [2.45, 2.75) is 38.4 Å². The van der Waals surface area contributed by atoms with Gasteiger partial charge in [-0.2, -0.15) is 0 Å². The highest BCUT2D eigenvalue weighted by Crippen LogP contribution is 2.34. The molecule has 0 aromatic heterocycles. The zero-order valence-corrected chi connectivity index (χ0v) is 18.0. The van der Waals surface area contributed by atoms with Gasteiger partial charge in [0, 0.05) is 36.3 Å². The van der Waals surface area contributed by atoms with Crippen LogP contribution >= 0.6 is 11.6 Å². The van der Waals surface area contributed by atoms with Gasteiger partial charge in [0.2, 0.25) is 5.91 Å². The molecule has 1 heterocycles. The van der Waals surface area contributed by atoms with Crippen molar-refractivity contribution >= 4 is 17.5 Å². The van der Waals surface area contributed by atoms with E-state index >= 15 is 0 Å². The van der Waals surface area contributed by atoms with Crippen molar-refractivity contribution in [2.24, 2.45) is 0 Å². The predicted octanol–water partition coefficient (Wildman–Crippen LogP) is 4.05. The van der Waals surface area contributed by atoms with Crippen molar-refractivity contribution in [2.75, 3.05) is 27.3 Å². The molecule has 0 saturated heterocycles. The van der Waals surface area contributed by atoms with Crippen LogP contribution in [0.15, 0.2) is 30.3 Å². The van der Waals surface area contributed by atoms with Crippen LogP contribution in [0.5, 0.6) is 11.5 Å². The van der Waals surface area contributed by atoms with Gasteiger partial charge in [0.25, 0.3) is 0 Å². The average molecular weight is 433 g/mol. The fourth-order valence-corrected chi connectivity index (χ4v) is 4.23. The van der Waals surface area contributed by atoms with Crippen molar-refractivity contribution < 1.29 is 18.7 Å². The number of fused-ring (bicyclic) bond motifs is 1. The molecule has 7 heteroatoms. The molecule has 4 rings (SSSR count). The summed E-state index contributed by atoms with van der Waals surface area (Å²) in [5.41, 5.74) is 2.70. The number of ether oxygens (including phenoxy) is 2. The summed E-state index contributed by atoms with van der Waals surface area (Å²) in [5, 5.41) is 0.404. The summed E-state index contributed by atoms with van der Waals surface area (Å²) >= 11 is 6.21. The van der Waals surface area contributed by atoms with Crippen molar-refractivity contribution in [3.8, 4) is 11.5 Å². The maximum absolute atomic E-state index is 14.3. The van der Waals surface area contributed by atoms with Gasteiger partial charge in [0.15, 0.2) is 11.5 Å². The van der Waals surface area contributed by atoms with Crippen LogP contribution in [0.25, 0.3) is 0 Å². The minimum Gasteiger partial charge on any atom is -0.493 e. The number of benzene rings is 2. The van der Waals surface area contributed by atoms with Gasteiger partial charge in [0.05, 0.1) is 20.8 Å². The monoisotopic (exact) mass is 432 g/mol. The van der Waals surface area contributed by atoms with E-state index in [-0.39, 0.29) is 18.3 Å². The van der Waals surface area contributed by atoms with Crippen molar-refractivity contribution in [1.29, 1.82) is 0 Å². The first-order valence-electron chi connectivity index (χ1n) is 10.2. The van der Waals surface area contributed by atoms with Gasteiger partial charge in [-0.05, 0) is 54.7 Å². The first kappa shape index (κ1) is 20.9. The van der Waals surface area contributed by atoms with Crippen molar-refractivity contribution in [3.63, 3.8) is 0 Å². The van der Waals surface area contributed by atoms with Crippen molar-refractivity contribution in [1.82, 2.24) is 9.80 Å². The lowest BCUT2D eigenvalue weighted by Crippen LogP contribution is -2.43. The molecule has 1 aliphatic heterocycles. The van der Waals surface area contributed by atoms with Crippen LogP contribution in [0.4, 0.5) is 4.39 Å². The molecule has 160 valence electrons. The molecule has 1 amide bonds.